The van der Waals surface area contributed by atoms with Crippen molar-refractivity contribution in [1.82, 2.24) is 20.2 Å². The number of aromatic amines is 1. The summed E-state index contributed by atoms with van der Waals surface area (Å²) in [6, 6.07) is 0. The van der Waals surface area contributed by atoms with Gasteiger partial charge in [-0.15, -0.1) is 0 Å². The van der Waals surface area contributed by atoms with Crippen LogP contribution < -0.4 is 4.74 Å². The van der Waals surface area contributed by atoms with E-state index in [2.05, 4.69) is 27.1 Å². The van der Waals surface area contributed by atoms with Crippen molar-refractivity contribution in [2.45, 2.75) is 33.3 Å². The van der Waals surface area contributed by atoms with Crippen LogP contribution in [0.4, 0.5) is 0 Å². The largest absolute Gasteiger partial charge is 0.480 e. The van der Waals surface area contributed by atoms with Gasteiger partial charge in [0.05, 0.1) is 13.7 Å². The average Bonchev–Trinajstić information content (AvgIpc) is 2.76. The van der Waals surface area contributed by atoms with E-state index < -0.39 is 0 Å². The minimum absolute atomic E-state index is 0.447. The van der Waals surface area contributed by atoms with E-state index in [0.717, 1.165) is 30.5 Å². The number of fused-ring (bicyclic) bond motifs is 1. The number of H-pyrrole nitrogens is 1. The molecule has 0 aromatic carbocycles. The summed E-state index contributed by atoms with van der Waals surface area (Å²) in [7, 11) is 1.59. The molecule has 2 heterocycles. The Bertz CT molecular complexity index is 524. The molecule has 0 unspecified atom stereocenters. The van der Waals surface area contributed by atoms with E-state index in [0.29, 0.717) is 24.0 Å². The van der Waals surface area contributed by atoms with Gasteiger partial charge in [-0.25, -0.2) is 4.98 Å². The molecule has 0 amide bonds. The van der Waals surface area contributed by atoms with Crippen LogP contribution >= 0.6 is 0 Å². The van der Waals surface area contributed by atoms with Crippen molar-refractivity contribution in [2.24, 2.45) is 0 Å². The standard InChI is InChI=1S/C12H18N4O2/c1-4-5-6-18-7-9-10-11(16-15-9)13-8(2)14-12(10)17-3/h4-7H2,1-3H3,(H,13,14,15,16). The number of ether oxygens (including phenoxy) is 2. The van der Waals surface area contributed by atoms with Gasteiger partial charge in [-0.2, -0.15) is 10.1 Å². The molecule has 0 radical (unpaired) electrons. The molecule has 0 saturated carbocycles. The van der Waals surface area contributed by atoms with Crippen molar-refractivity contribution >= 4 is 11.0 Å². The van der Waals surface area contributed by atoms with Gasteiger partial charge in [0.25, 0.3) is 0 Å². The van der Waals surface area contributed by atoms with Gasteiger partial charge in [-0.05, 0) is 13.3 Å². The number of unbranched alkanes of at least 4 members (excludes halogenated alkanes) is 1. The molecule has 2 rings (SSSR count). The Labute approximate surface area is 106 Å². The van der Waals surface area contributed by atoms with Crippen molar-refractivity contribution in [3.05, 3.63) is 11.5 Å². The van der Waals surface area contributed by atoms with Crippen LogP contribution in [0, 0.1) is 6.92 Å². The normalized spacial score (nSPS) is 11.1. The third kappa shape index (κ3) is 2.59. The summed E-state index contributed by atoms with van der Waals surface area (Å²) in [6.45, 7) is 5.13. The van der Waals surface area contributed by atoms with Crippen LogP contribution in [0.5, 0.6) is 5.88 Å². The van der Waals surface area contributed by atoms with Crippen LogP contribution in [0.1, 0.15) is 31.3 Å². The van der Waals surface area contributed by atoms with Crippen molar-refractivity contribution < 1.29 is 9.47 Å². The lowest BCUT2D eigenvalue weighted by Gasteiger charge is -2.04. The first kappa shape index (κ1) is 12.8. The molecule has 0 aliphatic rings. The Hall–Kier alpha value is -1.69. The number of hydrogen-bond acceptors (Lipinski definition) is 5. The lowest BCUT2D eigenvalue weighted by molar-refractivity contribution is 0.116. The Morgan fingerprint density at radius 3 is 2.83 bits per heavy atom. The molecule has 0 bridgehead atoms. The van der Waals surface area contributed by atoms with Gasteiger partial charge < -0.3 is 9.47 Å². The zero-order valence-electron chi connectivity index (χ0n) is 11.0. The predicted octanol–water partition coefficient (Wildman–Crippen LogP) is 1.99. The minimum atomic E-state index is 0.447. The van der Waals surface area contributed by atoms with Crippen LogP contribution in [0.15, 0.2) is 0 Å². The van der Waals surface area contributed by atoms with Gasteiger partial charge in [0, 0.05) is 6.61 Å². The summed E-state index contributed by atoms with van der Waals surface area (Å²) in [6.07, 6.45) is 2.17. The zero-order chi connectivity index (χ0) is 13.0. The maximum atomic E-state index is 5.56. The van der Waals surface area contributed by atoms with E-state index in [-0.39, 0.29) is 0 Å². The second-order valence-corrected chi connectivity index (χ2v) is 4.08. The summed E-state index contributed by atoms with van der Waals surface area (Å²) in [5, 5.41) is 7.90. The molecule has 6 heteroatoms. The van der Waals surface area contributed by atoms with Gasteiger partial charge in [0.15, 0.2) is 5.65 Å². The average molecular weight is 250 g/mol. The summed E-state index contributed by atoms with van der Waals surface area (Å²) in [5.74, 6) is 1.20. The highest BCUT2D eigenvalue weighted by molar-refractivity contribution is 5.82. The van der Waals surface area contributed by atoms with Crippen LogP contribution in [-0.4, -0.2) is 33.9 Å². The Morgan fingerprint density at radius 2 is 2.11 bits per heavy atom. The maximum Gasteiger partial charge on any atom is 0.228 e. The highest BCUT2D eigenvalue weighted by Gasteiger charge is 2.14. The van der Waals surface area contributed by atoms with E-state index >= 15 is 0 Å². The smallest absolute Gasteiger partial charge is 0.228 e. The second kappa shape index (κ2) is 5.77. The van der Waals surface area contributed by atoms with Gasteiger partial charge in [0.1, 0.15) is 16.9 Å². The first-order valence-electron chi connectivity index (χ1n) is 6.09. The van der Waals surface area contributed by atoms with Crippen LogP contribution in [0.25, 0.3) is 11.0 Å². The molecule has 2 aromatic heterocycles. The molecule has 1 N–H and O–H groups in total. The lowest BCUT2D eigenvalue weighted by atomic mass is 10.3. The van der Waals surface area contributed by atoms with Crippen molar-refractivity contribution in [1.29, 1.82) is 0 Å². The molecule has 0 aliphatic carbocycles. The van der Waals surface area contributed by atoms with E-state index in [1.807, 2.05) is 6.92 Å². The van der Waals surface area contributed by atoms with Gasteiger partial charge in [-0.3, -0.25) is 5.10 Å². The Balaban J connectivity index is 2.23. The fourth-order valence-electron chi connectivity index (χ4n) is 1.73. The number of nitrogens with zero attached hydrogens (tertiary/aromatic N) is 3. The van der Waals surface area contributed by atoms with Crippen LogP contribution in [0.3, 0.4) is 0 Å². The molecular formula is C12H18N4O2. The molecular weight excluding hydrogens is 232 g/mol. The molecule has 0 aliphatic heterocycles. The molecule has 2 aromatic rings. The van der Waals surface area contributed by atoms with Gasteiger partial charge in [-0.1, -0.05) is 13.3 Å². The van der Waals surface area contributed by atoms with E-state index in [1.54, 1.807) is 7.11 Å². The summed E-state index contributed by atoms with van der Waals surface area (Å²) >= 11 is 0. The Kier molecular flexibility index (Phi) is 4.09. The number of nitrogens with one attached hydrogen (secondary N) is 1. The molecule has 18 heavy (non-hydrogen) atoms. The summed E-state index contributed by atoms with van der Waals surface area (Å²) in [4.78, 5) is 8.53. The first-order chi connectivity index (χ1) is 8.76. The summed E-state index contributed by atoms with van der Waals surface area (Å²) < 4.78 is 10.8. The minimum Gasteiger partial charge on any atom is -0.480 e. The van der Waals surface area contributed by atoms with Gasteiger partial charge in [0.2, 0.25) is 5.88 Å². The fourth-order valence-corrected chi connectivity index (χ4v) is 1.73. The SMILES string of the molecule is CCCCOCc1n[nH]c2nc(C)nc(OC)c12. The van der Waals surface area contributed by atoms with Crippen molar-refractivity contribution in [3.63, 3.8) is 0 Å². The number of hydrogen-bond donors (Lipinski definition) is 1. The zero-order valence-corrected chi connectivity index (χ0v) is 11.0. The number of aryl methyl sites for hydroxylation is 1. The van der Waals surface area contributed by atoms with E-state index in [1.165, 1.54) is 0 Å². The number of rotatable bonds is 6. The maximum absolute atomic E-state index is 5.56. The highest BCUT2D eigenvalue weighted by Crippen LogP contribution is 2.24. The molecule has 0 saturated heterocycles. The Morgan fingerprint density at radius 1 is 1.28 bits per heavy atom. The van der Waals surface area contributed by atoms with Crippen molar-refractivity contribution in [3.8, 4) is 5.88 Å². The molecule has 0 atom stereocenters. The second-order valence-electron chi connectivity index (χ2n) is 4.08. The van der Waals surface area contributed by atoms with Crippen molar-refractivity contribution in [2.75, 3.05) is 13.7 Å². The topological polar surface area (TPSA) is 72.9 Å². The summed E-state index contributed by atoms with van der Waals surface area (Å²) in [5.41, 5.74) is 1.48. The quantitative estimate of drug-likeness (QED) is 0.794. The third-order valence-corrected chi connectivity index (χ3v) is 2.65. The molecule has 6 nitrogen and oxygen atoms in total. The lowest BCUT2D eigenvalue weighted by Crippen LogP contribution is -1.98. The fraction of sp³-hybridized carbons (Fsp3) is 0.583. The van der Waals surface area contributed by atoms with Crippen LogP contribution in [0.2, 0.25) is 0 Å². The predicted molar refractivity (Wildman–Crippen MR) is 67.5 cm³/mol. The number of aromatic nitrogens is 4. The molecule has 0 spiro atoms. The molecule has 0 fully saturated rings. The monoisotopic (exact) mass is 250 g/mol. The van der Waals surface area contributed by atoms with E-state index in [9.17, 15) is 0 Å². The first-order valence-corrected chi connectivity index (χ1v) is 6.09. The van der Waals surface area contributed by atoms with Crippen LogP contribution in [-0.2, 0) is 11.3 Å². The highest BCUT2D eigenvalue weighted by atomic mass is 16.5. The molecule has 98 valence electrons. The van der Waals surface area contributed by atoms with Gasteiger partial charge >= 0.3 is 0 Å². The number of methoxy groups -OCH3 is 1. The third-order valence-electron chi connectivity index (χ3n) is 2.65. The van der Waals surface area contributed by atoms with E-state index in [4.69, 9.17) is 9.47 Å².